The highest BCUT2D eigenvalue weighted by Crippen LogP contribution is 2.33. The molecule has 9 nitrogen and oxygen atoms in total. The molecule has 0 aromatic carbocycles. The Morgan fingerprint density at radius 3 is 2.81 bits per heavy atom. The monoisotopic (exact) mass is 433 g/mol. The molecule has 1 saturated carbocycles. The van der Waals surface area contributed by atoms with Gasteiger partial charge in [-0.05, 0) is 45.7 Å². The predicted octanol–water partition coefficient (Wildman–Crippen LogP) is 3.01. The van der Waals surface area contributed by atoms with Crippen LogP contribution in [0.2, 0.25) is 0 Å². The van der Waals surface area contributed by atoms with Gasteiger partial charge in [0, 0.05) is 42.5 Å². The molecule has 1 aliphatic carbocycles. The molecule has 4 aromatic rings. The van der Waals surface area contributed by atoms with Crippen LogP contribution in [0, 0.1) is 0 Å². The van der Waals surface area contributed by atoms with Crippen LogP contribution in [0.25, 0.3) is 27.9 Å². The van der Waals surface area contributed by atoms with Crippen LogP contribution < -0.4 is 10.6 Å². The number of hydrogen-bond acceptors (Lipinski definition) is 6. The van der Waals surface area contributed by atoms with Crippen molar-refractivity contribution in [1.82, 2.24) is 29.5 Å². The number of rotatable bonds is 5. The van der Waals surface area contributed by atoms with E-state index in [2.05, 4.69) is 45.3 Å². The highest BCUT2D eigenvalue weighted by atomic mass is 16.3. The SMILES string of the molecule is CNc1cc(-c2cn(C(C)C)c3ncccc23)nc2c(C(=O)NC3CC[C@]3(C)O)cnn12. The summed E-state index contributed by atoms with van der Waals surface area (Å²) in [6.07, 6.45) is 6.79. The number of carbonyl (C=O) groups is 1. The molecule has 0 spiro atoms. The maximum absolute atomic E-state index is 13.0. The van der Waals surface area contributed by atoms with Crippen LogP contribution in [-0.2, 0) is 0 Å². The minimum Gasteiger partial charge on any atom is -0.388 e. The smallest absolute Gasteiger partial charge is 0.257 e. The fraction of sp³-hybridized carbons (Fsp3) is 0.391. The first-order chi connectivity index (χ1) is 15.3. The number of hydrogen-bond donors (Lipinski definition) is 3. The van der Waals surface area contributed by atoms with Crippen molar-refractivity contribution in [3.8, 4) is 11.3 Å². The maximum atomic E-state index is 13.0. The van der Waals surface area contributed by atoms with Crippen molar-refractivity contribution in [2.45, 2.75) is 51.3 Å². The minimum atomic E-state index is -0.876. The Bertz CT molecular complexity index is 1340. The zero-order chi connectivity index (χ0) is 22.6. The molecule has 0 saturated heterocycles. The van der Waals surface area contributed by atoms with Crippen molar-refractivity contribution in [3.63, 3.8) is 0 Å². The summed E-state index contributed by atoms with van der Waals surface area (Å²) in [5.74, 6) is 0.428. The fourth-order valence-electron chi connectivity index (χ4n) is 4.29. The van der Waals surface area contributed by atoms with Crippen LogP contribution >= 0.6 is 0 Å². The lowest BCUT2D eigenvalue weighted by atomic mass is 9.76. The number of nitrogens with one attached hydrogen (secondary N) is 2. The molecule has 4 heterocycles. The molecule has 0 radical (unpaired) electrons. The van der Waals surface area contributed by atoms with Crippen LogP contribution in [0.15, 0.2) is 36.8 Å². The Kier molecular flexibility index (Phi) is 4.67. The van der Waals surface area contributed by atoms with Crippen LogP contribution in [0.4, 0.5) is 5.82 Å². The average Bonchev–Trinajstić information content (AvgIpc) is 3.38. The van der Waals surface area contributed by atoms with Gasteiger partial charge in [-0.15, -0.1) is 0 Å². The van der Waals surface area contributed by atoms with Gasteiger partial charge in [-0.25, -0.2) is 9.97 Å². The molecule has 1 unspecified atom stereocenters. The van der Waals surface area contributed by atoms with E-state index in [-0.39, 0.29) is 18.0 Å². The number of nitrogens with zero attached hydrogens (tertiary/aromatic N) is 5. The number of carbonyl (C=O) groups excluding carboxylic acids is 1. The summed E-state index contributed by atoms with van der Waals surface area (Å²) >= 11 is 0. The summed E-state index contributed by atoms with van der Waals surface area (Å²) in [7, 11) is 1.81. The normalized spacial score (nSPS) is 20.6. The Hall–Kier alpha value is -3.46. The lowest BCUT2D eigenvalue weighted by Crippen LogP contribution is -2.58. The number of pyridine rings is 1. The van der Waals surface area contributed by atoms with Gasteiger partial charge in [0.25, 0.3) is 5.91 Å². The largest absolute Gasteiger partial charge is 0.388 e. The second-order valence-electron chi connectivity index (χ2n) is 8.91. The summed E-state index contributed by atoms with van der Waals surface area (Å²) in [6, 6.07) is 5.83. The Balaban J connectivity index is 1.64. The first-order valence-electron chi connectivity index (χ1n) is 10.9. The van der Waals surface area contributed by atoms with Gasteiger partial charge in [0.1, 0.15) is 17.0 Å². The summed E-state index contributed by atoms with van der Waals surface area (Å²) in [4.78, 5) is 22.4. The molecule has 32 heavy (non-hydrogen) atoms. The minimum absolute atomic E-state index is 0.236. The molecular weight excluding hydrogens is 406 g/mol. The van der Waals surface area contributed by atoms with Gasteiger partial charge in [-0.1, -0.05) is 0 Å². The number of fused-ring (bicyclic) bond motifs is 2. The van der Waals surface area contributed by atoms with Gasteiger partial charge in [0.2, 0.25) is 0 Å². The topological polar surface area (TPSA) is 109 Å². The van der Waals surface area contributed by atoms with Gasteiger partial charge in [-0.3, -0.25) is 4.79 Å². The first kappa shape index (κ1) is 20.4. The van der Waals surface area contributed by atoms with E-state index in [9.17, 15) is 9.90 Å². The third kappa shape index (κ3) is 3.12. The van der Waals surface area contributed by atoms with Crippen LogP contribution in [0.3, 0.4) is 0 Å². The highest BCUT2D eigenvalue weighted by molar-refractivity contribution is 6.01. The number of aliphatic hydroxyl groups is 1. The van der Waals surface area contributed by atoms with Crippen molar-refractivity contribution in [2.24, 2.45) is 0 Å². The number of anilines is 1. The summed E-state index contributed by atoms with van der Waals surface area (Å²) in [6.45, 7) is 5.97. The van der Waals surface area contributed by atoms with E-state index in [0.717, 1.165) is 28.7 Å². The summed E-state index contributed by atoms with van der Waals surface area (Å²) in [5, 5.41) is 21.7. The molecule has 1 aliphatic rings. The molecule has 9 heteroatoms. The molecule has 1 amide bonds. The van der Waals surface area contributed by atoms with Crippen molar-refractivity contribution >= 4 is 28.4 Å². The van der Waals surface area contributed by atoms with E-state index in [1.165, 1.54) is 6.20 Å². The van der Waals surface area contributed by atoms with Gasteiger partial charge in [0.15, 0.2) is 5.65 Å². The molecule has 166 valence electrons. The lowest BCUT2D eigenvalue weighted by molar-refractivity contribution is -0.0486. The van der Waals surface area contributed by atoms with E-state index in [1.54, 1.807) is 17.6 Å². The zero-order valence-corrected chi connectivity index (χ0v) is 18.6. The number of amides is 1. The van der Waals surface area contributed by atoms with E-state index >= 15 is 0 Å². The van der Waals surface area contributed by atoms with E-state index in [4.69, 9.17) is 4.98 Å². The molecule has 4 aromatic heterocycles. The first-order valence-corrected chi connectivity index (χ1v) is 10.9. The summed E-state index contributed by atoms with van der Waals surface area (Å²) in [5.41, 5.74) is 2.51. The molecule has 2 atom stereocenters. The second-order valence-corrected chi connectivity index (χ2v) is 8.91. The van der Waals surface area contributed by atoms with E-state index < -0.39 is 5.60 Å². The third-order valence-corrected chi connectivity index (χ3v) is 6.39. The van der Waals surface area contributed by atoms with E-state index in [1.807, 2.05) is 25.2 Å². The summed E-state index contributed by atoms with van der Waals surface area (Å²) < 4.78 is 3.75. The van der Waals surface area contributed by atoms with Crippen molar-refractivity contribution < 1.29 is 9.90 Å². The standard InChI is InChI=1S/C23H27N7O2/c1-13(2)29-12-16(14-6-5-9-25-20(14)29)17-10-19(24-4)30-21(27-17)15(11-26-30)22(31)28-18-7-8-23(18,3)32/h5-6,9-13,18,24,32H,7-8H2,1-4H3,(H,28,31)/t18?,23-/m0/s1. The Labute approximate surface area is 185 Å². The average molecular weight is 434 g/mol. The molecule has 3 N–H and O–H groups in total. The number of aromatic nitrogens is 5. The molecule has 5 rings (SSSR count). The van der Waals surface area contributed by atoms with Crippen LogP contribution in [-0.4, -0.2) is 53.9 Å². The quantitative estimate of drug-likeness (QED) is 0.446. The van der Waals surface area contributed by atoms with Gasteiger partial charge >= 0.3 is 0 Å². The van der Waals surface area contributed by atoms with Crippen LogP contribution in [0.5, 0.6) is 0 Å². The molecule has 1 fully saturated rings. The molecule has 0 bridgehead atoms. The second kappa shape index (κ2) is 7.30. The lowest BCUT2D eigenvalue weighted by Gasteiger charge is -2.42. The third-order valence-electron chi connectivity index (χ3n) is 6.39. The van der Waals surface area contributed by atoms with Crippen LogP contribution in [0.1, 0.15) is 50.0 Å². The Morgan fingerprint density at radius 1 is 1.34 bits per heavy atom. The van der Waals surface area contributed by atoms with Crippen molar-refractivity contribution in [2.75, 3.05) is 12.4 Å². The van der Waals surface area contributed by atoms with E-state index in [0.29, 0.717) is 23.4 Å². The van der Waals surface area contributed by atoms with Crippen molar-refractivity contribution in [1.29, 1.82) is 0 Å². The maximum Gasteiger partial charge on any atom is 0.257 e. The van der Waals surface area contributed by atoms with Gasteiger partial charge in [-0.2, -0.15) is 9.61 Å². The molecule has 0 aliphatic heterocycles. The predicted molar refractivity (Wildman–Crippen MR) is 123 cm³/mol. The van der Waals surface area contributed by atoms with Gasteiger partial charge in [0.05, 0.1) is 23.5 Å². The Morgan fingerprint density at radius 2 is 2.16 bits per heavy atom. The zero-order valence-electron chi connectivity index (χ0n) is 18.6. The van der Waals surface area contributed by atoms with Crippen molar-refractivity contribution in [3.05, 3.63) is 42.4 Å². The fourth-order valence-corrected chi connectivity index (χ4v) is 4.29. The highest BCUT2D eigenvalue weighted by Gasteiger charge is 2.42. The molecular formula is C23H27N7O2. The van der Waals surface area contributed by atoms with Gasteiger partial charge < -0.3 is 20.3 Å².